The molecule has 6 heteroatoms. The molecule has 0 spiro atoms. The lowest BCUT2D eigenvalue weighted by Crippen LogP contribution is -2.38. The summed E-state index contributed by atoms with van der Waals surface area (Å²) >= 11 is 0. The first-order valence-electron chi connectivity index (χ1n) is 7.51. The Morgan fingerprint density at radius 3 is 2.38 bits per heavy atom. The number of anilines is 1. The molecule has 2 amide bonds. The van der Waals surface area contributed by atoms with E-state index in [0.717, 1.165) is 17.7 Å². The minimum atomic E-state index is -1.02. The standard InChI is InChI=1S/C18H18F2N2O2/c1-13(23)22(15-7-8-16(19)17(20)12-15)10-9-21-18(24)11-14-5-3-2-4-6-14/h2-8,12H,9-11H2,1H3,(H,21,24). The topological polar surface area (TPSA) is 49.4 Å². The molecule has 0 aliphatic rings. The van der Waals surface area contributed by atoms with Gasteiger partial charge in [0.05, 0.1) is 6.42 Å². The molecule has 0 fully saturated rings. The maximum absolute atomic E-state index is 13.3. The van der Waals surface area contributed by atoms with Gasteiger partial charge in [-0.15, -0.1) is 0 Å². The van der Waals surface area contributed by atoms with Gasteiger partial charge >= 0.3 is 0 Å². The number of nitrogens with one attached hydrogen (secondary N) is 1. The quantitative estimate of drug-likeness (QED) is 0.884. The number of halogens is 2. The summed E-state index contributed by atoms with van der Waals surface area (Å²) in [6.45, 7) is 1.71. The third kappa shape index (κ3) is 4.87. The molecular formula is C18H18F2N2O2. The van der Waals surface area contributed by atoms with E-state index in [1.807, 2.05) is 30.3 Å². The molecule has 0 radical (unpaired) electrons. The Labute approximate surface area is 139 Å². The van der Waals surface area contributed by atoms with Gasteiger partial charge in [-0.3, -0.25) is 9.59 Å². The Kier molecular flexibility index (Phi) is 6.01. The number of benzene rings is 2. The van der Waals surface area contributed by atoms with E-state index in [1.54, 1.807) is 0 Å². The van der Waals surface area contributed by atoms with Gasteiger partial charge < -0.3 is 10.2 Å². The van der Waals surface area contributed by atoms with Crippen molar-refractivity contribution in [1.29, 1.82) is 0 Å². The molecule has 126 valence electrons. The highest BCUT2D eigenvalue weighted by Gasteiger charge is 2.14. The van der Waals surface area contributed by atoms with Crippen LogP contribution in [0.2, 0.25) is 0 Å². The molecular weight excluding hydrogens is 314 g/mol. The molecule has 2 rings (SSSR count). The van der Waals surface area contributed by atoms with Crippen LogP contribution in [0.25, 0.3) is 0 Å². The van der Waals surface area contributed by atoms with Crippen LogP contribution in [0.15, 0.2) is 48.5 Å². The van der Waals surface area contributed by atoms with E-state index in [1.165, 1.54) is 17.9 Å². The third-order valence-electron chi connectivity index (χ3n) is 3.46. The minimum Gasteiger partial charge on any atom is -0.354 e. The van der Waals surface area contributed by atoms with E-state index < -0.39 is 11.6 Å². The molecule has 0 saturated carbocycles. The summed E-state index contributed by atoms with van der Waals surface area (Å²) in [6, 6.07) is 12.5. The van der Waals surface area contributed by atoms with E-state index in [2.05, 4.69) is 5.32 Å². The summed E-state index contributed by atoms with van der Waals surface area (Å²) in [5.41, 5.74) is 1.14. The summed E-state index contributed by atoms with van der Waals surface area (Å²) in [4.78, 5) is 24.9. The number of amides is 2. The Hall–Kier alpha value is -2.76. The van der Waals surface area contributed by atoms with E-state index in [9.17, 15) is 18.4 Å². The maximum atomic E-state index is 13.3. The van der Waals surface area contributed by atoms with Gasteiger partial charge in [0.25, 0.3) is 0 Å². The van der Waals surface area contributed by atoms with E-state index in [0.29, 0.717) is 0 Å². The van der Waals surface area contributed by atoms with Gasteiger partial charge in [0, 0.05) is 31.8 Å². The third-order valence-corrected chi connectivity index (χ3v) is 3.46. The predicted molar refractivity (Wildman–Crippen MR) is 87.5 cm³/mol. The van der Waals surface area contributed by atoms with Crippen LogP contribution in [0.3, 0.4) is 0 Å². The average molecular weight is 332 g/mol. The van der Waals surface area contributed by atoms with Crippen LogP contribution < -0.4 is 10.2 Å². The second kappa shape index (κ2) is 8.19. The van der Waals surface area contributed by atoms with Crippen molar-refractivity contribution in [2.45, 2.75) is 13.3 Å². The molecule has 0 atom stereocenters. The molecule has 0 aromatic heterocycles. The lowest BCUT2D eigenvalue weighted by molar-refractivity contribution is -0.121. The summed E-state index contributed by atoms with van der Waals surface area (Å²) in [6.07, 6.45) is 0.242. The lowest BCUT2D eigenvalue weighted by Gasteiger charge is -2.21. The van der Waals surface area contributed by atoms with Crippen LogP contribution >= 0.6 is 0 Å². The SMILES string of the molecule is CC(=O)N(CCNC(=O)Cc1ccccc1)c1ccc(F)c(F)c1. The summed E-state index contributed by atoms with van der Waals surface area (Å²) in [5.74, 6) is -2.49. The summed E-state index contributed by atoms with van der Waals surface area (Å²) in [5, 5.41) is 2.71. The first-order valence-corrected chi connectivity index (χ1v) is 7.51. The highest BCUT2D eigenvalue weighted by molar-refractivity contribution is 5.91. The summed E-state index contributed by atoms with van der Waals surface area (Å²) < 4.78 is 26.3. The van der Waals surface area contributed by atoms with Gasteiger partial charge in [-0.25, -0.2) is 8.78 Å². The molecule has 0 heterocycles. The van der Waals surface area contributed by atoms with Crippen LogP contribution in [-0.4, -0.2) is 24.9 Å². The molecule has 2 aromatic rings. The van der Waals surface area contributed by atoms with Gasteiger partial charge in [0.1, 0.15) is 0 Å². The van der Waals surface area contributed by atoms with Gasteiger partial charge in [-0.05, 0) is 17.7 Å². The first-order chi connectivity index (χ1) is 11.5. The second-order valence-electron chi connectivity index (χ2n) is 5.28. The van der Waals surface area contributed by atoms with Crippen molar-refractivity contribution in [3.63, 3.8) is 0 Å². The molecule has 24 heavy (non-hydrogen) atoms. The molecule has 0 bridgehead atoms. The number of hydrogen-bond acceptors (Lipinski definition) is 2. The normalized spacial score (nSPS) is 10.3. The number of hydrogen-bond donors (Lipinski definition) is 1. The molecule has 0 saturated heterocycles. The van der Waals surface area contributed by atoms with Crippen LogP contribution in [-0.2, 0) is 16.0 Å². The molecule has 0 aliphatic heterocycles. The van der Waals surface area contributed by atoms with Gasteiger partial charge in [0.15, 0.2) is 11.6 Å². The molecule has 0 unspecified atom stereocenters. The van der Waals surface area contributed by atoms with Crippen molar-refractivity contribution in [3.05, 3.63) is 65.7 Å². The van der Waals surface area contributed by atoms with Gasteiger partial charge in [-0.2, -0.15) is 0 Å². The fourth-order valence-corrected chi connectivity index (χ4v) is 2.27. The van der Waals surface area contributed by atoms with Crippen LogP contribution in [0, 0.1) is 11.6 Å². The number of carbonyl (C=O) groups excluding carboxylic acids is 2. The molecule has 4 nitrogen and oxygen atoms in total. The Morgan fingerprint density at radius 2 is 1.75 bits per heavy atom. The highest BCUT2D eigenvalue weighted by Crippen LogP contribution is 2.17. The van der Waals surface area contributed by atoms with Crippen LogP contribution in [0.5, 0.6) is 0 Å². The fourth-order valence-electron chi connectivity index (χ4n) is 2.27. The summed E-state index contributed by atoms with van der Waals surface area (Å²) in [7, 11) is 0. The zero-order chi connectivity index (χ0) is 17.5. The number of rotatable bonds is 6. The maximum Gasteiger partial charge on any atom is 0.224 e. The van der Waals surface area contributed by atoms with E-state index in [4.69, 9.17) is 0 Å². The van der Waals surface area contributed by atoms with Crippen molar-refractivity contribution in [1.82, 2.24) is 5.32 Å². The molecule has 2 aromatic carbocycles. The Bertz CT molecular complexity index is 720. The minimum absolute atomic E-state index is 0.168. The van der Waals surface area contributed by atoms with Crippen molar-refractivity contribution in [2.75, 3.05) is 18.0 Å². The number of carbonyl (C=O) groups is 2. The zero-order valence-corrected chi connectivity index (χ0v) is 13.3. The molecule has 1 N–H and O–H groups in total. The lowest BCUT2D eigenvalue weighted by atomic mass is 10.1. The zero-order valence-electron chi connectivity index (χ0n) is 13.3. The monoisotopic (exact) mass is 332 g/mol. The van der Waals surface area contributed by atoms with E-state index >= 15 is 0 Å². The van der Waals surface area contributed by atoms with Crippen molar-refractivity contribution in [3.8, 4) is 0 Å². The Morgan fingerprint density at radius 1 is 1.04 bits per heavy atom. The van der Waals surface area contributed by atoms with Crippen LogP contribution in [0.1, 0.15) is 12.5 Å². The van der Waals surface area contributed by atoms with Crippen LogP contribution in [0.4, 0.5) is 14.5 Å². The predicted octanol–water partition coefficient (Wildman–Crippen LogP) is 2.68. The molecule has 0 aliphatic carbocycles. The smallest absolute Gasteiger partial charge is 0.224 e. The van der Waals surface area contributed by atoms with Crippen molar-refractivity contribution < 1.29 is 18.4 Å². The fraction of sp³-hybridized carbons (Fsp3) is 0.222. The second-order valence-corrected chi connectivity index (χ2v) is 5.28. The average Bonchev–Trinajstić information content (AvgIpc) is 2.55. The highest BCUT2D eigenvalue weighted by atomic mass is 19.2. The first kappa shape index (κ1) is 17.6. The van der Waals surface area contributed by atoms with Gasteiger partial charge in [-0.1, -0.05) is 30.3 Å². The van der Waals surface area contributed by atoms with Crippen molar-refractivity contribution in [2.24, 2.45) is 0 Å². The number of nitrogens with zero attached hydrogens (tertiary/aromatic N) is 1. The largest absolute Gasteiger partial charge is 0.354 e. The van der Waals surface area contributed by atoms with E-state index in [-0.39, 0.29) is 37.0 Å². The van der Waals surface area contributed by atoms with Crippen molar-refractivity contribution >= 4 is 17.5 Å². The van der Waals surface area contributed by atoms with Gasteiger partial charge in [0.2, 0.25) is 11.8 Å². The Balaban J connectivity index is 1.91.